The average molecular weight is 260 g/mol. The maximum atomic E-state index is 12.0. The van der Waals surface area contributed by atoms with Gasteiger partial charge in [-0.05, 0) is 30.5 Å². The molecule has 0 saturated carbocycles. The first kappa shape index (κ1) is 12.8. The van der Waals surface area contributed by atoms with Crippen LogP contribution in [0.2, 0.25) is 0 Å². The van der Waals surface area contributed by atoms with Gasteiger partial charge < -0.3 is 0 Å². The van der Waals surface area contributed by atoms with Gasteiger partial charge in [-0.3, -0.25) is 0 Å². The van der Waals surface area contributed by atoms with Crippen LogP contribution in [-0.2, 0) is 16.3 Å². The molecule has 2 rings (SSSR count). The third-order valence-corrected chi connectivity index (χ3v) is 4.64. The summed E-state index contributed by atoms with van der Waals surface area (Å²) in [5.41, 5.74) is 1.18. The standard InChI is InChI=1S/C15H16O2S/c16-18(17,15-11-5-2-6-12-15)13-7-10-14-8-3-1-4-9-14/h1-6,8-9,11-12H,7,10,13H2. The average Bonchev–Trinajstić information content (AvgIpc) is 2.41. The van der Waals surface area contributed by atoms with Gasteiger partial charge in [0.15, 0.2) is 9.84 Å². The van der Waals surface area contributed by atoms with Crippen LogP contribution in [0.4, 0.5) is 0 Å². The largest absolute Gasteiger partial charge is 0.224 e. The zero-order chi connectivity index (χ0) is 12.8. The van der Waals surface area contributed by atoms with Gasteiger partial charge in [0.25, 0.3) is 0 Å². The number of aryl methyl sites for hydroxylation is 1. The van der Waals surface area contributed by atoms with E-state index in [2.05, 4.69) is 0 Å². The Kier molecular flexibility index (Phi) is 4.15. The lowest BCUT2D eigenvalue weighted by atomic mass is 10.1. The molecule has 0 heterocycles. The molecule has 0 saturated heterocycles. The van der Waals surface area contributed by atoms with E-state index >= 15 is 0 Å². The first-order valence-electron chi connectivity index (χ1n) is 6.00. The van der Waals surface area contributed by atoms with E-state index in [9.17, 15) is 8.42 Å². The van der Waals surface area contributed by atoms with Crippen LogP contribution < -0.4 is 0 Å². The Bertz CT molecular complexity index is 574. The van der Waals surface area contributed by atoms with Crippen LogP contribution in [0.15, 0.2) is 65.6 Å². The van der Waals surface area contributed by atoms with Gasteiger partial charge in [-0.25, -0.2) is 8.42 Å². The van der Waals surface area contributed by atoms with Crippen molar-refractivity contribution < 1.29 is 8.42 Å². The van der Waals surface area contributed by atoms with Crippen molar-refractivity contribution in [1.82, 2.24) is 0 Å². The highest BCUT2D eigenvalue weighted by Crippen LogP contribution is 2.12. The molecule has 0 aromatic heterocycles. The molecule has 0 aliphatic heterocycles. The van der Waals surface area contributed by atoms with Crippen LogP contribution >= 0.6 is 0 Å². The summed E-state index contributed by atoms with van der Waals surface area (Å²) in [6.07, 6.45) is 1.45. The molecule has 0 fully saturated rings. The van der Waals surface area contributed by atoms with E-state index in [1.807, 2.05) is 36.4 Å². The molecule has 0 bridgehead atoms. The van der Waals surface area contributed by atoms with E-state index in [-0.39, 0.29) is 5.75 Å². The Balaban J connectivity index is 1.95. The van der Waals surface area contributed by atoms with E-state index in [0.29, 0.717) is 11.3 Å². The van der Waals surface area contributed by atoms with Crippen molar-refractivity contribution in [2.45, 2.75) is 17.7 Å². The number of hydrogen-bond donors (Lipinski definition) is 0. The van der Waals surface area contributed by atoms with Crippen molar-refractivity contribution in [3.8, 4) is 0 Å². The minimum absolute atomic E-state index is 0.200. The lowest BCUT2D eigenvalue weighted by Crippen LogP contribution is -2.07. The monoisotopic (exact) mass is 260 g/mol. The van der Waals surface area contributed by atoms with E-state index in [0.717, 1.165) is 6.42 Å². The maximum absolute atomic E-state index is 12.0. The van der Waals surface area contributed by atoms with Crippen molar-refractivity contribution in [1.29, 1.82) is 0 Å². The lowest BCUT2D eigenvalue weighted by Gasteiger charge is -2.04. The van der Waals surface area contributed by atoms with Crippen molar-refractivity contribution in [2.75, 3.05) is 5.75 Å². The first-order chi connectivity index (χ1) is 8.68. The second-order valence-electron chi connectivity index (χ2n) is 4.22. The fourth-order valence-electron chi connectivity index (χ4n) is 1.86. The topological polar surface area (TPSA) is 34.1 Å². The fourth-order valence-corrected chi connectivity index (χ4v) is 3.19. The lowest BCUT2D eigenvalue weighted by molar-refractivity contribution is 0.593. The third-order valence-electron chi connectivity index (χ3n) is 2.82. The molecule has 0 N–H and O–H groups in total. The molecule has 0 amide bonds. The number of hydrogen-bond acceptors (Lipinski definition) is 2. The molecule has 94 valence electrons. The van der Waals surface area contributed by atoms with Gasteiger partial charge in [0, 0.05) is 0 Å². The summed E-state index contributed by atoms with van der Waals surface area (Å²) in [6, 6.07) is 18.6. The van der Waals surface area contributed by atoms with E-state index in [4.69, 9.17) is 0 Å². The van der Waals surface area contributed by atoms with Gasteiger partial charge in [0.05, 0.1) is 10.6 Å². The Labute approximate surface area is 108 Å². The maximum Gasteiger partial charge on any atom is 0.178 e. The number of sulfone groups is 1. The van der Waals surface area contributed by atoms with E-state index < -0.39 is 9.84 Å². The van der Waals surface area contributed by atoms with Crippen molar-refractivity contribution >= 4 is 9.84 Å². The minimum atomic E-state index is -3.13. The summed E-state index contributed by atoms with van der Waals surface area (Å²) in [6.45, 7) is 0. The van der Waals surface area contributed by atoms with Gasteiger partial charge in [-0.1, -0.05) is 48.5 Å². The quantitative estimate of drug-likeness (QED) is 0.828. The zero-order valence-electron chi connectivity index (χ0n) is 10.1. The molecule has 0 aliphatic carbocycles. The molecule has 0 radical (unpaired) electrons. The summed E-state index contributed by atoms with van der Waals surface area (Å²) in [5, 5.41) is 0. The minimum Gasteiger partial charge on any atom is -0.224 e. The van der Waals surface area contributed by atoms with Gasteiger partial charge in [-0.15, -0.1) is 0 Å². The highest BCUT2D eigenvalue weighted by molar-refractivity contribution is 7.91. The highest BCUT2D eigenvalue weighted by Gasteiger charge is 2.12. The normalized spacial score (nSPS) is 11.3. The summed E-state index contributed by atoms with van der Waals surface area (Å²) < 4.78 is 24.0. The Hall–Kier alpha value is -1.61. The molecule has 0 unspecified atom stereocenters. The second kappa shape index (κ2) is 5.83. The Morgan fingerprint density at radius 2 is 1.33 bits per heavy atom. The molecule has 0 aliphatic rings. The van der Waals surface area contributed by atoms with Crippen LogP contribution in [0, 0.1) is 0 Å². The van der Waals surface area contributed by atoms with Crippen LogP contribution in [0.1, 0.15) is 12.0 Å². The van der Waals surface area contributed by atoms with Crippen LogP contribution in [0.3, 0.4) is 0 Å². The van der Waals surface area contributed by atoms with Gasteiger partial charge in [0.1, 0.15) is 0 Å². The predicted octanol–water partition coefficient (Wildman–Crippen LogP) is 3.09. The number of rotatable bonds is 5. The first-order valence-corrected chi connectivity index (χ1v) is 7.65. The summed E-state index contributed by atoms with van der Waals surface area (Å²) in [7, 11) is -3.13. The predicted molar refractivity (Wildman–Crippen MR) is 73.3 cm³/mol. The SMILES string of the molecule is O=S(=O)(CCCc1ccccc1)c1ccccc1. The Morgan fingerprint density at radius 3 is 1.94 bits per heavy atom. The van der Waals surface area contributed by atoms with Gasteiger partial charge >= 0.3 is 0 Å². The van der Waals surface area contributed by atoms with Crippen molar-refractivity contribution in [2.24, 2.45) is 0 Å². The molecule has 2 aromatic rings. The van der Waals surface area contributed by atoms with Crippen molar-refractivity contribution in [3.63, 3.8) is 0 Å². The fraction of sp³-hybridized carbons (Fsp3) is 0.200. The molecule has 2 nitrogen and oxygen atoms in total. The summed E-state index contributed by atoms with van der Waals surface area (Å²) in [4.78, 5) is 0.415. The van der Waals surface area contributed by atoms with Crippen molar-refractivity contribution in [3.05, 3.63) is 66.2 Å². The highest BCUT2D eigenvalue weighted by atomic mass is 32.2. The van der Waals surface area contributed by atoms with E-state index in [1.165, 1.54) is 5.56 Å². The summed E-state index contributed by atoms with van der Waals surface area (Å²) >= 11 is 0. The van der Waals surface area contributed by atoms with E-state index in [1.54, 1.807) is 24.3 Å². The zero-order valence-corrected chi connectivity index (χ0v) is 10.9. The summed E-state index contributed by atoms with van der Waals surface area (Å²) in [5.74, 6) is 0.200. The second-order valence-corrected chi connectivity index (χ2v) is 6.33. The van der Waals surface area contributed by atoms with Gasteiger partial charge in [-0.2, -0.15) is 0 Å². The van der Waals surface area contributed by atoms with Crippen LogP contribution in [0.5, 0.6) is 0 Å². The van der Waals surface area contributed by atoms with Crippen LogP contribution in [-0.4, -0.2) is 14.2 Å². The molecule has 2 aromatic carbocycles. The molecule has 3 heteroatoms. The molecular formula is C15H16O2S. The Morgan fingerprint density at radius 1 is 0.778 bits per heavy atom. The number of benzene rings is 2. The molecule has 0 atom stereocenters. The third kappa shape index (κ3) is 3.44. The smallest absolute Gasteiger partial charge is 0.178 e. The molecule has 18 heavy (non-hydrogen) atoms. The molecule has 0 spiro atoms. The molecular weight excluding hydrogens is 244 g/mol. The van der Waals surface area contributed by atoms with Gasteiger partial charge in [0.2, 0.25) is 0 Å². The van der Waals surface area contributed by atoms with Crippen LogP contribution in [0.25, 0.3) is 0 Å².